The van der Waals surface area contributed by atoms with E-state index in [1.807, 2.05) is 6.92 Å². The summed E-state index contributed by atoms with van der Waals surface area (Å²) in [5, 5.41) is 2.56. The van der Waals surface area contributed by atoms with Crippen molar-refractivity contribution in [3.63, 3.8) is 0 Å². The van der Waals surface area contributed by atoms with Gasteiger partial charge in [0.25, 0.3) is 10.0 Å². The van der Waals surface area contributed by atoms with Gasteiger partial charge < -0.3 is 20.5 Å². The maximum Gasteiger partial charge on any atom is 0.265 e. The highest BCUT2D eigenvalue weighted by molar-refractivity contribution is 7.92. The molecule has 0 heterocycles. The summed E-state index contributed by atoms with van der Waals surface area (Å²) in [6, 6.07) is 10.1. The van der Waals surface area contributed by atoms with Crippen LogP contribution in [0, 0.1) is 0 Å². The van der Waals surface area contributed by atoms with E-state index >= 15 is 0 Å². The molecule has 1 amide bonds. The maximum atomic E-state index is 12.8. The minimum absolute atomic E-state index is 0.110. The number of sulfonamides is 1. The predicted molar refractivity (Wildman–Crippen MR) is 104 cm³/mol. The summed E-state index contributed by atoms with van der Waals surface area (Å²) >= 11 is 0. The fourth-order valence-electron chi connectivity index (χ4n) is 2.22. The molecule has 0 bridgehead atoms. The van der Waals surface area contributed by atoms with Gasteiger partial charge in [0.15, 0.2) is 0 Å². The van der Waals surface area contributed by atoms with Crippen LogP contribution >= 0.6 is 0 Å². The van der Waals surface area contributed by atoms with Gasteiger partial charge in [0.05, 0.1) is 19.8 Å². The van der Waals surface area contributed by atoms with Gasteiger partial charge >= 0.3 is 0 Å². The van der Waals surface area contributed by atoms with Crippen LogP contribution in [0.25, 0.3) is 0 Å². The fourth-order valence-corrected chi connectivity index (χ4v) is 3.47. The predicted octanol–water partition coefficient (Wildman–Crippen LogP) is 2.18. The molecular formula is C18H23N3O5S. The van der Waals surface area contributed by atoms with Crippen molar-refractivity contribution in [2.75, 3.05) is 23.8 Å². The van der Waals surface area contributed by atoms with E-state index < -0.39 is 22.0 Å². The van der Waals surface area contributed by atoms with Crippen LogP contribution in [-0.4, -0.2) is 34.1 Å². The van der Waals surface area contributed by atoms with E-state index in [-0.39, 0.29) is 10.6 Å². The molecule has 1 atom stereocenters. The first-order chi connectivity index (χ1) is 12.8. The lowest BCUT2D eigenvalue weighted by atomic mass is 10.2. The van der Waals surface area contributed by atoms with Crippen LogP contribution in [0.3, 0.4) is 0 Å². The molecule has 0 unspecified atom stereocenters. The quantitative estimate of drug-likeness (QED) is 0.632. The van der Waals surface area contributed by atoms with Gasteiger partial charge in [-0.15, -0.1) is 0 Å². The van der Waals surface area contributed by atoms with E-state index in [1.54, 1.807) is 24.3 Å². The van der Waals surface area contributed by atoms with E-state index in [9.17, 15) is 13.2 Å². The van der Waals surface area contributed by atoms with Crippen molar-refractivity contribution in [1.82, 2.24) is 0 Å². The number of hydrogen-bond donors (Lipinski definition) is 3. The van der Waals surface area contributed by atoms with E-state index in [0.717, 1.165) is 0 Å². The highest BCUT2D eigenvalue weighted by atomic mass is 32.2. The molecule has 146 valence electrons. The van der Waals surface area contributed by atoms with Crippen LogP contribution in [0.4, 0.5) is 11.4 Å². The Kier molecular flexibility index (Phi) is 6.65. The minimum Gasteiger partial charge on any atom is -0.495 e. The second kappa shape index (κ2) is 8.74. The topological polar surface area (TPSA) is 120 Å². The highest BCUT2D eigenvalue weighted by Crippen LogP contribution is 2.29. The van der Waals surface area contributed by atoms with Crippen molar-refractivity contribution >= 4 is 27.3 Å². The number of rotatable bonds is 8. The van der Waals surface area contributed by atoms with E-state index in [2.05, 4.69) is 10.0 Å². The molecule has 0 aliphatic rings. The van der Waals surface area contributed by atoms with Crippen LogP contribution in [0.2, 0.25) is 0 Å². The molecule has 0 aliphatic heterocycles. The Balaban J connectivity index is 2.31. The third-order valence-corrected chi connectivity index (χ3v) is 4.95. The molecule has 9 heteroatoms. The van der Waals surface area contributed by atoms with Gasteiger partial charge in [-0.1, -0.05) is 0 Å². The average Bonchev–Trinajstić information content (AvgIpc) is 2.63. The third-order valence-electron chi connectivity index (χ3n) is 3.55. The van der Waals surface area contributed by atoms with Gasteiger partial charge in [0, 0.05) is 11.4 Å². The van der Waals surface area contributed by atoms with Crippen molar-refractivity contribution in [3.05, 3.63) is 42.5 Å². The number of amides is 1. The Morgan fingerprint density at radius 2 is 1.78 bits per heavy atom. The third kappa shape index (κ3) is 5.35. The number of benzene rings is 2. The lowest BCUT2D eigenvalue weighted by Gasteiger charge is -2.14. The Morgan fingerprint density at radius 3 is 2.33 bits per heavy atom. The molecule has 27 heavy (non-hydrogen) atoms. The number of nitrogens with two attached hydrogens (primary N) is 1. The summed E-state index contributed by atoms with van der Waals surface area (Å²) in [7, 11) is -2.59. The van der Waals surface area contributed by atoms with Crippen molar-refractivity contribution in [2.24, 2.45) is 5.73 Å². The molecule has 0 saturated heterocycles. The molecule has 0 aromatic heterocycles. The first-order valence-electron chi connectivity index (χ1n) is 8.27. The molecule has 2 rings (SSSR count). The lowest BCUT2D eigenvalue weighted by molar-refractivity contribution is -0.117. The second-order valence-corrected chi connectivity index (χ2v) is 7.36. The smallest absolute Gasteiger partial charge is 0.265 e. The second-order valence-electron chi connectivity index (χ2n) is 5.71. The van der Waals surface area contributed by atoms with Crippen LogP contribution in [0.15, 0.2) is 47.4 Å². The Hall–Kier alpha value is -2.78. The van der Waals surface area contributed by atoms with Crippen LogP contribution < -0.4 is 25.2 Å². The highest BCUT2D eigenvalue weighted by Gasteiger charge is 2.21. The first kappa shape index (κ1) is 20.5. The van der Waals surface area contributed by atoms with Crippen molar-refractivity contribution in [3.8, 4) is 11.5 Å². The number of carbonyl (C=O) groups excluding carboxylic acids is 1. The van der Waals surface area contributed by atoms with Gasteiger partial charge in [-0.05, 0) is 56.3 Å². The minimum atomic E-state index is -3.96. The Bertz CT molecular complexity index is 896. The molecule has 0 aliphatic carbocycles. The molecule has 0 radical (unpaired) electrons. The van der Waals surface area contributed by atoms with Crippen molar-refractivity contribution < 1.29 is 22.7 Å². The van der Waals surface area contributed by atoms with E-state index in [1.165, 1.54) is 32.2 Å². The zero-order valence-corrected chi connectivity index (χ0v) is 16.2. The SMILES string of the molecule is CCOc1ccc(NS(=O)(=O)c2cc(NC(=O)[C@@H](C)N)ccc2OC)cc1. The van der Waals surface area contributed by atoms with Crippen molar-refractivity contribution in [2.45, 2.75) is 24.8 Å². The monoisotopic (exact) mass is 393 g/mol. The molecular weight excluding hydrogens is 370 g/mol. The van der Waals surface area contributed by atoms with Gasteiger partial charge in [0.2, 0.25) is 5.91 Å². The number of nitrogens with one attached hydrogen (secondary N) is 2. The zero-order chi connectivity index (χ0) is 20.0. The summed E-state index contributed by atoms with van der Waals surface area (Å²) < 4.78 is 38.6. The van der Waals surface area contributed by atoms with Crippen LogP contribution in [-0.2, 0) is 14.8 Å². The molecule has 2 aromatic carbocycles. The Morgan fingerprint density at radius 1 is 1.15 bits per heavy atom. The molecule has 4 N–H and O–H groups in total. The first-order valence-corrected chi connectivity index (χ1v) is 9.75. The molecule has 0 saturated carbocycles. The van der Waals surface area contributed by atoms with Crippen molar-refractivity contribution in [1.29, 1.82) is 0 Å². The van der Waals surface area contributed by atoms with Crippen LogP contribution in [0.5, 0.6) is 11.5 Å². The van der Waals surface area contributed by atoms with Crippen LogP contribution in [0.1, 0.15) is 13.8 Å². The lowest BCUT2D eigenvalue weighted by Crippen LogP contribution is -2.32. The van der Waals surface area contributed by atoms with E-state index in [0.29, 0.717) is 23.7 Å². The van der Waals surface area contributed by atoms with Gasteiger partial charge in [-0.2, -0.15) is 0 Å². The number of hydrogen-bond acceptors (Lipinski definition) is 6. The zero-order valence-electron chi connectivity index (χ0n) is 15.4. The van der Waals surface area contributed by atoms with E-state index in [4.69, 9.17) is 15.2 Å². The molecule has 8 nitrogen and oxygen atoms in total. The molecule has 0 fully saturated rings. The number of carbonyl (C=O) groups is 1. The Labute approximate surface area is 158 Å². The largest absolute Gasteiger partial charge is 0.495 e. The summed E-state index contributed by atoms with van der Waals surface area (Å²) in [5.74, 6) is 0.355. The van der Waals surface area contributed by atoms with Gasteiger partial charge in [-0.25, -0.2) is 8.42 Å². The maximum absolute atomic E-state index is 12.8. The normalized spacial score (nSPS) is 12.1. The number of ether oxygens (including phenoxy) is 2. The summed E-state index contributed by atoms with van der Waals surface area (Å²) in [6.07, 6.45) is 0. The summed E-state index contributed by atoms with van der Waals surface area (Å²) in [5.41, 5.74) is 6.18. The standard InChI is InChI=1S/C18H23N3O5S/c1-4-26-15-8-5-13(6-9-15)21-27(23,24)17-11-14(7-10-16(17)25-3)20-18(22)12(2)19/h5-12,21H,4,19H2,1-3H3,(H,20,22)/t12-/m1/s1. The fraction of sp³-hybridized carbons (Fsp3) is 0.278. The summed E-state index contributed by atoms with van der Waals surface area (Å²) in [4.78, 5) is 11.6. The van der Waals surface area contributed by atoms with Gasteiger partial charge in [0.1, 0.15) is 16.4 Å². The number of methoxy groups -OCH3 is 1. The summed E-state index contributed by atoms with van der Waals surface area (Å²) in [6.45, 7) is 3.91. The molecule has 2 aromatic rings. The number of anilines is 2. The molecule has 0 spiro atoms. The van der Waals surface area contributed by atoms with Gasteiger partial charge in [-0.3, -0.25) is 9.52 Å². The average molecular weight is 393 g/mol.